The van der Waals surface area contributed by atoms with Crippen molar-refractivity contribution in [3.8, 4) is 5.75 Å². The number of hydrogen-bond donors (Lipinski definition) is 1. The minimum atomic E-state index is -0.610. The maximum atomic E-state index is 13.0. The largest absolute Gasteiger partial charge is 0.427 e. The van der Waals surface area contributed by atoms with Crippen LogP contribution in [0.15, 0.2) is 66.7 Å². The van der Waals surface area contributed by atoms with E-state index in [2.05, 4.69) is 5.32 Å². The maximum Gasteiger partial charge on any atom is 0.308 e. The smallest absolute Gasteiger partial charge is 0.308 e. The number of fused-ring (bicyclic) bond motifs is 1. The number of non-ortho nitro benzene ring substituents is 1. The van der Waals surface area contributed by atoms with Gasteiger partial charge in [-0.2, -0.15) is 0 Å². The van der Waals surface area contributed by atoms with Gasteiger partial charge in [0.2, 0.25) is 0 Å². The van der Waals surface area contributed by atoms with E-state index in [9.17, 15) is 29.3 Å². The highest BCUT2D eigenvalue weighted by Gasteiger charge is 2.37. The fourth-order valence-corrected chi connectivity index (χ4v) is 3.37. The normalized spacial score (nSPS) is 12.3. The molecule has 0 fully saturated rings. The molecule has 33 heavy (non-hydrogen) atoms. The monoisotopic (exact) mass is 445 g/mol. The molecule has 1 heterocycles. The SMILES string of the molecule is CC(=O)Oc1cccc(N2C(=O)c3ccc(NC(=O)c4cccc([N+](=O)[O-])c4)cc3C2=O)c1. The lowest BCUT2D eigenvalue weighted by Gasteiger charge is -2.14. The fourth-order valence-electron chi connectivity index (χ4n) is 3.37. The summed E-state index contributed by atoms with van der Waals surface area (Å²) >= 11 is 0. The van der Waals surface area contributed by atoms with Crippen LogP contribution in [0.1, 0.15) is 38.0 Å². The summed E-state index contributed by atoms with van der Waals surface area (Å²) in [5, 5.41) is 13.5. The summed E-state index contributed by atoms with van der Waals surface area (Å²) in [6.45, 7) is 1.23. The van der Waals surface area contributed by atoms with E-state index in [4.69, 9.17) is 4.74 Å². The van der Waals surface area contributed by atoms with Crippen LogP contribution < -0.4 is 15.0 Å². The minimum Gasteiger partial charge on any atom is -0.427 e. The Labute approximate surface area is 186 Å². The fraction of sp³-hybridized carbons (Fsp3) is 0.0435. The van der Waals surface area contributed by atoms with Gasteiger partial charge in [-0.05, 0) is 36.4 Å². The lowest BCUT2D eigenvalue weighted by Crippen LogP contribution is -2.29. The van der Waals surface area contributed by atoms with Crippen LogP contribution in [0.5, 0.6) is 5.75 Å². The molecular formula is C23H15N3O7. The molecule has 0 radical (unpaired) electrons. The molecule has 0 atom stereocenters. The first-order valence-electron chi connectivity index (χ1n) is 9.62. The number of hydrogen-bond acceptors (Lipinski definition) is 7. The molecule has 0 unspecified atom stereocenters. The molecule has 4 rings (SSSR count). The second kappa shape index (κ2) is 8.35. The van der Waals surface area contributed by atoms with Gasteiger partial charge in [0.25, 0.3) is 23.4 Å². The van der Waals surface area contributed by atoms with Crippen molar-refractivity contribution in [2.45, 2.75) is 6.92 Å². The van der Waals surface area contributed by atoms with Crippen LogP contribution in [0.4, 0.5) is 17.1 Å². The number of esters is 1. The van der Waals surface area contributed by atoms with Crippen molar-refractivity contribution in [2.24, 2.45) is 0 Å². The van der Waals surface area contributed by atoms with Crippen molar-refractivity contribution in [2.75, 3.05) is 10.2 Å². The summed E-state index contributed by atoms with van der Waals surface area (Å²) in [7, 11) is 0. The second-order valence-electron chi connectivity index (χ2n) is 7.06. The van der Waals surface area contributed by atoms with Gasteiger partial charge in [0.15, 0.2) is 0 Å². The Morgan fingerprint density at radius 1 is 0.939 bits per heavy atom. The predicted molar refractivity (Wildman–Crippen MR) is 116 cm³/mol. The van der Waals surface area contributed by atoms with Gasteiger partial charge in [-0.3, -0.25) is 29.3 Å². The number of carbonyl (C=O) groups excluding carboxylic acids is 4. The Morgan fingerprint density at radius 3 is 2.39 bits per heavy atom. The molecule has 1 aliphatic heterocycles. The Hall–Kier alpha value is -4.86. The van der Waals surface area contributed by atoms with Gasteiger partial charge in [-0.25, -0.2) is 4.90 Å². The number of carbonyl (C=O) groups is 4. The molecule has 3 aromatic rings. The minimum absolute atomic E-state index is 0.0658. The Kier molecular flexibility index (Phi) is 5.41. The first-order valence-corrected chi connectivity index (χ1v) is 9.62. The zero-order valence-corrected chi connectivity index (χ0v) is 17.1. The third-order valence-electron chi connectivity index (χ3n) is 4.80. The Balaban J connectivity index is 1.59. The van der Waals surface area contributed by atoms with Crippen LogP contribution in [-0.4, -0.2) is 28.6 Å². The van der Waals surface area contributed by atoms with Crippen LogP contribution >= 0.6 is 0 Å². The summed E-state index contributed by atoms with van der Waals surface area (Å²) in [6, 6.07) is 15.4. The number of nitrogens with zero attached hydrogens (tertiary/aromatic N) is 2. The van der Waals surface area contributed by atoms with Crippen LogP contribution in [0.2, 0.25) is 0 Å². The maximum absolute atomic E-state index is 13.0. The highest BCUT2D eigenvalue weighted by atomic mass is 16.6. The Bertz CT molecular complexity index is 1350. The van der Waals surface area contributed by atoms with Gasteiger partial charge in [-0.15, -0.1) is 0 Å². The number of anilines is 2. The number of nitro benzene ring substituents is 1. The number of nitro groups is 1. The third kappa shape index (κ3) is 4.17. The van der Waals surface area contributed by atoms with E-state index >= 15 is 0 Å². The van der Waals surface area contributed by atoms with E-state index in [0.717, 1.165) is 11.0 Å². The van der Waals surface area contributed by atoms with E-state index in [1.807, 2.05) is 0 Å². The molecule has 10 nitrogen and oxygen atoms in total. The number of benzene rings is 3. The molecule has 10 heteroatoms. The average molecular weight is 445 g/mol. The van der Waals surface area contributed by atoms with Crippen molar-refractivity contribution in [1.82, 2.24) is 0 Å². The molecule has 0 spiro atoms. The molecule has 0 bridgehead atoms. The van der Waals surface area contributed by atoms with Gasteiger partial charge in [0, 0.05) is 36.4 Å². The van der Waals surface area contributed by atoms with Gasteiger partial charge in [-0.1, -0.05) is 12.1 Å². The lowest BCUT2D eigenvalue weighted by atomic mass is 10.1. The zero-order chi connectivity index (χ0) is 23.7. The number of nitrogens with one attached hydrogen (secondary N) is 1. The van der Waals surface area contributed by atoms with E-state index in [-0.39, 0.29) is 39.5 Å². The van der Waals surface area contributed by atoms with E-state index in [1.54, 1.807) is 6.07 Å². The van der Waals surface area contributed by atoms with Crippen molar-refractivity contribution in [3.05, 3.63) is 93.5 Å². The van der Waals surface area contributed by atoms with Gasteiger partial charge in [0.1, 0.15) is 5.75 Å². The van der Waals surface area contributed by atoms with Gasteiger partial charge in [0.05, 0.1) is 21.7 Å². The molecule has 3 aromatic carbocycles. The molecule has 0 aromatic heterocycles. The summed E-state index contributed by atoms with van der Waals surface area (Å²) in [5.74, 6) is -2.14. The number of rotatable bonds is 5. The molecular weight excluding hydrogens is 430 g/mol. The molecule has 0 saturated carbocycles. The van der Waals surface area contributed by atoms with Crippen LogP contribution in [0.3, 0.4) is 0 Å². The summed E-state index contributed by atoms with van der Waals surface area (Å²) in [4.78, 5) is 60.8. The average Bonchev–Trinajstić information content (AvgIpc) is 3.03. The topological polar surface area (TPSA) is 136 Å². The highest BCUT2D eigenvalue weighted by Crippen LogP contribution is 2.32. The van der Waals surface area contributed by atoms with E-state index in [0.29, 0.717) is 0 Å². The first-order chi connectivity index (χ1) is 15.7. The van der Waals surface area contributed by atoms with Crippen LogP contribution in [-0.2, 0) is 4.79 Å². The standard InChI is InChI=1S/C23H15N3O7/c1-13(27)33-18-7-3-5-16(12-18)25-22(29)19-9-8-15(11-20(19)23(25)30)24-21(28)14-4-2-6-17(10-14)26(31)32/h2-12H,1H3,(H,24,28). The number of amides is 3. The Morgan fingerprint density at radius 2 is 1.67 bits per heavy atom. The lowest BCUT2D eigenvalue weighted by molar-refractivity contribution is -0.384. The molecule has 0 saturated heterocycles. The predicted octanol–water partition coefficient (Wildman–Crippen LogP) is 3.57. The van der Waals surface area contributed by atoms with Crippen LogP contribution in [0, 0.1) is 10.1 Å². The van der Waals surface area contributed by atoms with Gasteiger partial charge < -0.3 is 10.1 Å². The van der Waals surface area contributed by atoms with Crippen molar-refractivity contribution in [3.63, 3.8) is 0 Å². The van der Waals surface area contributed by atoms with Gasteiger partial charge >= 0.3 is 5.97 Å². The quantitative estimate of drug-likeness (QED) is 0.208. The van der Waals surface area contributed by atoms with Crippen molar-refractivity contribution < 1.29 is 28.8 Å². The van der Waals surface area contributed by atoms with E-state index < -0.39 is 28.6 Å². The number of ether oxygens (including phenoxy) is 1. The molecule has 3 amide bonds. The second-order valence-corrected chi connectivity index (χ2v) is 7.06. The summed E-state index contributed by atoms with van der Waals surface area (Å²) in [6.07, 6.45) is 0. The highest BCUT2D eigenvalue weighted by molar-refractivity contribution is 6.34. The molecule has 1 N–H and O–H groups in total. The summed E-state index contributed by atoms with van der Waals surface area (Å²) < 4.78 is 5.01. The van der Waals surface area contributed by atoms with Crippen LogP contribution in [0.25, 0.3) is 0 Å². The van der Waals surface area contributed by atoms with Crippen molar-refractivity contribution >= 4 is 40.8 Å². The molecule has 0 aliphatic carbocycles. The van der Waals surface area contributed by atoms with E-state index in [1.165, 1.54) is 61.5 Å². The molecule has 164 valence electrons. The third-order valence-corrected chi connectivity index (χ3v) is 4.80. The summed E-state index contributed by atoms with van der Waals surface area (Å²) in [5.41, 5.74) is 0.519. The molecule has 1 aliphatic rings. The zero-order valence-electron chi connectivity index (χ0n) is 17.1. The van der Waals surface area contributed by atoms with Crippen molar-refractivity contribution in [1.29, 1.82) is 0 Å². The first kappa shape index (κ1) is 21.4. The number of imide groups is 1.